The SMILES string of the molecule is CC(C)C(NCc1cc(Cl)ccc1Cl)C(N)=O. The quantitative estimate of drug-likeness (QED) is 0.867. The van der Waals surface area contributed by atoms with E-state index in [9.17, 15) is 4.79 Å². The van der Waals surface area contributed by atoms with Crippen LogP contribution in [0.25, 0.3) is 0 Å². The monoisotopic (exact) mass is 274 g/mol. The van der Waals surface area contributed by atoms with Crippen LogP contribution >= 0.6 is 23.2 Å². The van der Waals surface area contributed by atoms with Crippen molar-refractivity contribution >= 4 is 29.1 Å². The average Bonchev–Trinajstić information content (AvgIpc) is 2.22. The Labute approximate surface area is 111 Å². The third kappa shape index (κ3) is 4.19. The van der Waals surface area contributed by atoms with E-state index in [0.29, 0.717) is 16.6 Å². The molecule has 0 saturated heterocycles. The number of halogens is 2. The van der Waals surface area contributed by atoms with E-state index in [1.54, 1.807) is 18.2 Å². The molecule has 0 heterocycles. The Balaban J connectivity index is 2.72. The molecule has 1 amide bonds. The van der Waals surface area contributed by atoms with Crippen molar-refractivity contribution in [3.63, 3.8) is 0 Å². The first-order valence-electron chi connectivity index (χ1n) is 5.38. The zero-order valence-electron chi connectivity index (χ0n) is 9.84. The predicted molar refractivity (Wildman–Crippen MR) is 71.1 cm³/mol. The molecule has 1 aromatic rings. The minimum atomic E-state index is -0.370. The van der Waals surface area contributed by atoms with Gasteiger partial charge in [-0.3, -0.25) is 4.79 Å². The zero-order valence-corrected chi connectivity index (χ0v) is 11.3. The highest BCUT2D eigenvalue weighted by atomic mass is 35.5. The Morgan fingerprint density at radius 3 is 2.59 bits per heavy atom. The topological polar surface area (TPSA) is 55.1 Å². The molecule has 0 radical (unpaired) electrons. The smallest absolute Gasteiger partial charge is 0.234 e. The highest BCUT2D eigenvalue weighted by molar-refractivity contribution is 6.33. The second-order valence-electron chi connectivity index (χ2n) is 4.24. The summed E-state index contributed by atoms with van der Waals surface area (Å²) in [5, 5.41) is 4.32. The molecule has 3 N–H and O–H groups in total. The first-order valence-corrected chi connectivity index (χ1v) is 6.14. The van der Waals surface area contributed by atoms with Gasteiger partial charge in [-0.15, -0.1) is 0 Å². The summed E-state index contributed by atoms with van der Waals surface area (Å²) in [6.45, 7) is 4.33. The zero-order chi connectivity index (χ0) is 13.0. The van der Waals surface area contributed by atoms with Gasteiger partial charge in [0, 0.05) is 16.6 Å². The Bertz CT molecular complexity index is 407. The lowest BCUT2D eigenvalue weighted by Gasteiger charge is -2.19. The summed E-state index contributed by atoms with van der Waals surface area (Å²) >= 11 is 11.9. The van der Waals surface area contributed by atoms with Crippen LogP contribution in [0.4, 0.5) is 0 Å². The number of primary amides is 1. The number of nitrogens with one attached hydrogen (secondary N) is 1. The number of nitrogens with two attached hydrogens (primary N) is 1. The van der Waals surface area contributed by atoms with E-state index in [2.05, 4.69) is 5.32 Å². The van der Waals surface area contributed by atoms with Gasteiger partial charge in [0.1, 0.15) is 0 Å². The third-order valence-corrected chi connectivity index (χ3v) is 3.10. The summed E-state index contributed by atoms with van der Waals surface area (Å²) in [5.74, 6) is -0.233. The van der Waals surface area contributed by atoms with Gasteiger partial charge in [-0.05, 0) is 29.7 Å². The molecule has 0 aliphatic carbocycles. The number of carbonyl (C=O) groups is 1. The lowest BCUT2D eigenvalue weighted by atomic mass is 10.0. The number of benzene rings is 1. The molecule has 1 unspecified atom stereocenters. The van der Waals surface area contributed by atoms with Gasteiger partial charge in [-0.1, -0.05) is 37.0 Å². The van der Waals surface area contributed by atoms with Crippen molar-refractivity contribution in [2.75, 3.05) is 0 Å². The largest absolute Gasteiger partial charge is 0.368 e. The molecule has 0 bridgehead atoms. The number of hydrogen-bond donors (Lipinski definition) is 2. The van der Waals surface area contributed by atoms with Gasteiger partial charge in [0.05, 0.1) is 6.04 Å². The molecule has 0 aliphatic rings. The van der Waals surface area contributed by atoms with E-state index < -0.39 is 0 Å². The third-order valence-electron chi connectivity index (χ3n) is 2.49. The molecular weight excluding hydrogens is 259 g/mol. The van der Waals surface area contributed by atoms with E-state index in [0.717, 1.165) is 5.56 Å². The Kier molecular flexibility index (Phi) is 5.25. The maximum absolute atomic E-state index is 11.2. The summed E-state index contributed by atoms with van der Waals surface area (Å²) < 4.78 is 0. The molecule has 3 nitrogen and oxygen atoms in total. The predicted octanol–water partition coefficient (Wildman–Crippen LogP) is 2.59. The number of carbonyl (C=O) groups excluding carboxylic acids is 1. The fourth-order valence-corrected chi connectivity index (χ4v) is 1.94. The summed E-state index contributed by atoms with van der Waals surface area (Å²) in [6.07, 6.45) is 0. The van der Waals surface area contributed by atoms with Crippen LogP contribution < -0.4 is 11.1 Å². The maximum atomic E-state index is 11.2. The van der Waals surface area contributed by atoms with Crippen LogP contribution in [0.1, 0.15) is 19.4 Å². The van der Waals surface area contributed by atoms with E-state index in [4.69, 9.17) is 28.9 Å². The lowest BCUT2D eigenvalue weighted by Crippen LogP contribution is -2.44. The lowest BCUT2D eigenvalue weighted by molar-refractivity contribution is -0.121. The van der Waals surface area contributed by atoms with Crippen molar-refractivity contribution in [2.24, 2.45) is 11.7 Å². The molecule has 1 rings (SSSR count). The molecule has 0 fully saturated rings. The first-order chi connectivity index (χ1) is 7.91. The standard InChI is InChI=1S/C12H16Cl2N2O/c1-7(2)11(12(15)17)16-6-8-5-9(13)3-4-10(8)14/h3-5,7,11,16H,6H2,1-2H3,(H2,15,17). The Morgan fingerprint density at radius 1 is 1.41 bits per heavy atom. The second kappa shape index (κ2) is 6.24. The van der Waals surface area contributed by atoms with E-state index >= 15 is 0 Å². The molecular formula is C12H16Cl2N2O. The summed E-state index contributed by atoms with van der Waals surface area (Å²) in [4.78, 5) is 11.2. The molecule has 5 heteroatoms. The Morgan fingerprint density at radius 2 is 2.06 bits per heavy atom. The molecule has 0 aromatic heterocycles. The van der Waals surface area contributed by atoms with E-state index in [1.807, 2.05) is 13.8 Å². The molecule has 0 aliphatic heterocycles. The van der Waals surface area contributed by atoms with Crippen molar-refractivity contribution in [3.8, 4) is 0 Å². The summed E-state index contributed by atoms with van der Waals surface area (Å²) in [6, 6.07) is 4.86. The highest BCUT2D eigenvalue weighted by Gasteiger charge is 2.18. The number of rotatable bonds is 5. The summed E-state index contributed by atoms with van der Waals surface area (Å²) in [7, 11) is 0. The molecule has 1 atom stereocenters. The minimum Gasteiger partial charge on any atom is -0.368 e. The maximum Gasteiger partial charge on any atom is 0.234 e. The molecule has 1 aromatic carbocycles. The van der Waals surface area contributed by atoms with Gasteiger partial charge < -0.3 is 11.1 Å². The normalized spacial score (nSPS) is 12.8. The Hall–Kier alpha value is -0.770. The van der Waals surface area contributed by atoms with E-state index in [1.165, 1.54) is 0 Å². The van der Waals surface area contributed by atoms with Gasteiger partial charge in [0.25, 0.3) is 0 Å². The molecule has 17 heavy (non-hydrogen) atoms. The summed E-state index contributed by atoms with van der Waals surface area (Å²) in [5.41, 5.74) is 6.16. The minimum absolute atomic E-state index is 0.130. The van der Waals surface area contributed by atoms with Crippen LogP contribution in [0.3, 0.4) is 0 Å². The molecule has 0 saturated carbocycles. The van der Waals surface area contributed by atoms with Gasteiger partial charge in [0.15, 0.2) is 0 Å². The van der Waals surface area contributed by atoms with Gasteiger partial charge in [-0.2, -0.15) is 0 Å². The van der Waals surface area contributed by atoms with Crippen LogP contribution in [0.2, 0.25) is 10.0 Å². The fraction of sp³-hybridized carbons (Fsp3) is 0.417. The van der Waals surface area contributed by atoms with Crippen LogP contribution in [0.15, 0.2) is 18.2 Å². The van der Waals surface area contributed by atoms with Gasteiger partial charge in [0.2, 0.25) is 5.91 Å². The number of hydrogen-bond acceptors (Lipinski definition) is 2. The second-order valence-corrected chi connectivity index (χ2v) is 5.08. The van der Waals surface area contributed by atoms with Crippen LogP contribution in [-0.2, 0) is 11.3 Å². The number of amides is 1. The van der Waals surface area contributed by atoms with Crippen LogP contribution in [0, 0.1) is 5.92 Å². The van der Waals surface area contributed by atoms with Gasteiger partial charge >= 0.3 is 0 Å². The van der Waals surface area contributed by atoms with E-state index in [-0.39, 0.29) is 17.9 Å². The molecule has 0 spiro atoms. The molecule has 94 valence electrons. The van der Waals surface area contributed by atoms with Crippen LogP contribution in [-0.4, -0.2) is 11.9 Å². The van der Waals surface area contributed by atoms with Gasteiger partial charge in [-0.25, -0.2) is 0 Å². The van der Waals surface area contributed by atoms with Crippen molar-refractivity contribution in [2.45, 2.75) is 26.4 Å². The van der Waals surface area contributed by atoms with Crippen molar-refractivity contribution < 1.29 is 4.79 Å². The van der Waals surface area contributed by atoms with Crippen LogP contribution in [0.5, 0.6) is 0 Å². The van der Waals surface area contributed by atoms with Crippen molar-refractivity contribution in [1.29, 1.82) is 0 Å². The fourth-order valence-electron chi connectivity index (χ4n) is 1.56. The first kappa shape index (κ1) is 14.3. The van der Waals surface area contributed by atoms with Crippen molar-refractivity contribution in [3.05, 3.63) is 33.8 Å². The highest BCUT2D eigenvalue weighted by Crippen LogP contribution is 2.20. The van der Waals surface area contributed by atoms with Crippen molar-refractivity contribution in [1.82, 2.24) is 5.32 Å². The average molecular weight is 275 g/mol.